The number of nitrogens with two attached hydrogens (primary N) is 1. The third kappa shape index (κ3) is 3.95. The lowest BCUT2D eigenvalue weighted by Crippen LogP contribution is -2.13. The van der Waals surface area contributed by atoms with Gasteiger partial charge < -0.3 is 5.73 Å². The summed E-state index contributed by atoms with van der Waals surface area (Å²) in [4.78, 5) is 11.9. The molecule has 0 heterocycles. The van der Waals surface area contributed by atoms with Crippen LogP contribution in [-0.2, 0) is 4.79 Å². The molecule has 1 atom stereocenters. The van der Waals surface area contributed by atoms with Crippen LogP contribution >= 0.6 is 0 Å². The van der Waals surface area contributed by atoms with Gasteiger partial charge in [-0.1, -0.05) is 56.0 Å². The fraction of sp³-hybridized carbons (Fsp3) is 0.562. The van der Waals surface area contributed by atoms with Gasteiger partial charge >= 0.3 is 0 Å². The normalized spacial score (nSPS) is 17.8. The third-order valence-corrected chi connectivity index (χ3v) is 3.95. The first-order valence-electron chi connectivity index (χ1n) is 7.08. The van der Waals surface area contributed by atoms with Crippen LogP contribution in [0.4, 0.5) is 0 Å². The van der Waals surface area contributed by atoms with Crippen LogP contribution in [0.25, 0.3) is 0 Å². The van der Waals surface area contributed by atoms with E-state index in [2.05, 4.69) is 0 Å². The lowest BCUT2D eigenvalue weighted by Gasteiger charge is -2.12. The van der Waals surface area contributed by atoms with Crippen LogP contribution in [-0.4, -0.2) is 5.78 Å². The molecule has 1 aromatic carbocycles. The van der Waals surface area contributed by atoms with E-state index in [0.717, 1.165) is 18.4 Å². The van der Waals surface area contributed by atoms with E-state index in [1.54, 1.807) is 0 Å². The average Bonchev–Trinajstić information content (AvgIpc) is 2.90. The van der Waals surface area contributed by atoms with E-state index in [-0.39, 0.29) is 6.04 Å². The molecule has 0 amide bonds. The zero-order valence-corrected chi connectivity index (χ0v) is 11.0. The average molecular weight is 245 g/mol. The number of ketones is 1. The molecule has 0 spiro atoms. The van der Waals surface area contributed by atoms with Crippen LogP contribution in [0.2, 0.25) is 0 Å². The summed E-state index contributed by atoms with van der Waals surface area (Å²) in [6, 6.07) is 10.0. The fourth-order valence-corrected chi connectivity index (χ4v) is 2.82. The predicted octanol–water partition coefficient (Wildman–Crippen LogP) is 3.62. The van der Waals surface area contributed by atoms with E-state index < -0.39 is 0 Å². The highest BCUT2D eigenvalue weighted by molar-refractivity contribution is 5.78. The zero-order chi connectivity index (χ0) is 12.8. The number of hydrogen-bond donors (Lipinski definition) is 1. The number of hydrogen-bond acceptors (Lipinski definition) is 2. The molecule has 2 N–H and O–H groups in total. The molecular formula is C16H23NO. The molecule has 1 fully saturated rings. The van der Waals surface area contributed by atoms with E-state index in [1.807, 2.05) is 30.3 Å². The maximum absolute atomic E-state index is 11.9. The molecule has 0 aromatic heterocycles. The molecule has 1 saturated carbocycles. The number of carbonyl (C=O) groups excluding carboxylic acids is 1. The van der Waals surface area contributed by atoms with Crippen molar-refractivity contribution >= 4 is 5.78 Å². The highest BCUT2D eigenvalue weighted by atomic mass is 16.1. The molecule has 18 heavy (non-hydrogen) atoms. The van der Waals surface area contributed by atoms with E-state index in [4.69, 9.17) is 5.73 Å². The second kappa shape index (κ2) is 6.69. The monoisotopic (exact) mass is 245 g/mol. The van der Waals surface area contributed by atoms with Crippen LogP contribution < -0.4 is 5.73 Å². The van der Waals surface area contributed by atoms with Crippen molar-refractivity contribution in [2.24, 2.45) is 11.7 Å². The molecule has 2 rings (SSSR count). The van der Waals surface area contributed by atoms with Crippen molar-refractivity contribution in [1.82, 2.24) is 0 Å². The minimum absolute atomic E-state index is 0.00118. The van der Waals surface area contributed by atoms with Crippen molar-refractivity contribution in [3.63, 3.8) is 0 Å². The van der Waals surface area contributed by atoms with Crippen molar-refractivity contribution in [3.05, 3.63) is 35.9 Å². The van der Waals surface area contributed by atoms with Gasteiger partial charge in [0.05, 0.1) is 0 Å². The Kier molecular flexibility index (Phi) is 4.94. The fourth-order valence-electron chi connectivity index (χ4n) is 2.82. The van der Waals surface area contributed by atoms with Gasteiger partial charge in [-0.2, -0.15) is 0 Å². The van der Waals surface area contributed by atoms with Gasteiger partial charge in [-0.25, -0.2) is 0 Å². The lowest BCUT2D eigenvalue weighted by molar-refractivity contribution is -0.120. The lowest BCUT2D eigenvalue weighted by atomic mass is 9.96. The molecule has 0 radical (unpaired) electrons. The Morgan fingerprint density at radius 3 is 2.56 bits per heavy atom. The van der Waals surface area contributed by atoms with Crippen LogP contribution in [0.15, 0.2) is 30.3 Å². The summed E-state index contributed by atoms with van der Waals surface area (Å²) in [5, 5.41) is 0. The number of carbonyl (C=O) groups is 1. The van der Waals surface area contributed by atoms with Crippen molar-refractivity contribution < 1.29 is 4.79 Å². The Balaban J connectivity index is 1.72. The number of rotatable bonds is 6. The van der Waals surface area contributed by atoms with Crippen LogP contribution in [0, 0.1) is 5.92 Å². The molecule has 1 aromatic rings. The van der Waals surface area contributed by atoms with E-state index >= 15 is 0 Å². The topological polar surface area (TPSA) is 43.1 Å². The SMILES string of the molecule is NC(CCC(=O)CC1CCCC1)c1ccccc1. The number of Topliss-reactive ketones (excluding diaryl/α,β-unsaturated/α-hetero) is 1. The van der Waals surface area contributed by atoms with Crippen LogP contribution in [0.5, 0.6) is 0 Å². The van der Waals surface area contributed by atoms with Crippen molar-refractivity contribution in [1.29, 1.82) is 0 Å². The summed E-state index contributed by atoms with van der Waals surface area (Å²) < 4.78 is 0. The maximum Gasteiger partial charge on any atom is 0.133 e. The highest BCUT2D eigenvalue weighted by Crippen LogP contribution is 2.28. The molecular weight excluding hydrogens is 222 g/mol. The smallest absolute Gasteiger partial charge is 0.133 e. The molecule has 1 aliphatic rings. The van der Waals surface area contributed by atoms with E-state index in [0.29, 0.717) is 18.1 Å². The Morgan fingerprint density at radius 2 is 1.89 bits per heavy atom. The van der Waals surface area contributed by atoms with Gasteiger partial charge in [0.25, 0.3) is 0 Å². The summed E-state index contributed by atoms with van der Waals surface area (Å²) in [5.41, 5.74) is 7.23. The Hall–Kier alpha value is -1.15. The predicted molar refractivity (Wildman–Crippen MR) is 74.2 cm³/mol. The summed E-state index contributed by atoms with van der Waals surface area (Å²) in [5.74, 6) is 1.05. The Labute approximate surface area is 110 Å². The minimum Gasteiger partial charge on any atom is -0.324 e. The summed E-state index contributed by atoms with van der Waals surface area (Å²) in [6.07, 6.45) is 7.29. The van der Waals surface area contributed by atoms with E-state index in [1.165, 1.54) is 25.7 Å². The molecule has 2 nitrogen and oxygen atoms in total. The summed E-state index contributed by atoms with van der Waals surface area (Å²) in [6.45, 7) is 0. The molecule has 0 saturated heterocycles. The Morgan fingerprint density at radius 1 is 1.22 bits per heavy atom. The molecule has 1 unspecified atom stereocenters. The van der Waals surface area contributed by atoms with Gasteiger partial charge in [-0.05, 0) is 17.9 Å². The molecule has 0 aliphatic heterocycles. The standard InChI is InChI=1S/C16H23NO/c17-16(14-8-2-1-3-9-14)11-10-15(18)12-13-6-4-5-7-13/h1-3,8-9,13,16H,4-7,10-12,17H2. The maximum atomic E-state index is 11.9. The minimum atomic E-state index is -0.00118. The molecule has 1 aliphatic carbocycles. The van der Waals surface area contributed by atoms with E-state index in [9.17, 15) is 4.79 Å². The molecule has 2 heteroatoms. The van der Waals surface area contributed by atoms with Gasteiger partial charge in [-0.3, -0.25) is 4.79 Å². The largest absolute Gasteiger partial charge is 0.324 e. The van der Waals surface area contributed by atoms with Gasteiger partial charge in [0.1, 0.15) is 5.78 Å². The first-order chi connectivity index (χ1) is 8.75. The zero-order valence-electron chi connectivity index (χ0n) is 11.0. The second-order valence-electron chi connectivity index (χ2n) is 5.45. The van der Waals surface area contributed by atoms with Gasteiger partial charge in [0.2, 0.25) is 0 Å². The van der Waals surface area contributed by atoms with Crippen molar-refractivity contribution in [3.8, 4) is 0 Å². The first kappa shape index (κ1) is 13.3. The first-order valence-corrected chi connectivity index (χ1v) is 7.08. The van der Waals surface area contributed by atoms with Crippen LogP contribution in [0.3, 0.4) is 0 Å². The summed E-state index contributed by atoms with van der Waals surface area (Å²) >= 11 is 0. The quantitative estimate of drug-likeness (QED) is 0.832. The van der Waals surface area contributed by atoms with Crippen molar-refractivity contribution in [2.45, 2.75) is 51.0 Å². The second-order valence-corrected chi connectivity index (χ2v) is 5.45. The third-order valence-electron chi connectivity index (χ3n) is 3.95. The molecule has 98 valence electrons. The number of benzene rings is 1. The van der Waals surface area contributed by atoms with Gasteiger partial charge in [0.15, 0.2) is 0 Å². The summed E-state index contributed by atoms with van der Waals surface area (Å²) in [7, 11) is 0. The van der Waals surface area contributed by atoms with Crippen molar-refractivity contribution in [2.75, 3.05) is 0 Å². The van der Waals surface area contributed by atoms with Gasteiger partial charge in [0, 0.05) is 18.9 Å². The molecule has 0 bridgehead atoms. The Bertz CT molecular complexity index is 368. The van der Waals surface area contributed by atoms with Crippen LogP contribution in [0.1, 0.15) is 56.6 Å². The highest BCUT2D eigenvalue weighted by Gasteiger charge is 2.18. The van der Waals surface area contributed by atoms with Gasteiger partial charge in [-0.15, -0.1) is 0 Å².